The molecule has 0 N–H and O–H groups in total. The minimum absolute atomic E-state index is 0.920. The average Bonchev–Trinajstić information content (AvgIpc) is 2.82. The van der Waals surface area contributed by atoms with E-state index in [1.54, 1.807) is 0 Å². The lowest BCUT2D eigenvalue weighted by molar-refractivity contribution is 0.505. The van der Waals surface area contributed by atoms with Crippen LogP contribution in [-0.2, 0) is 0 Å². The van der Waals surface area contributed by atoms with Crippen LogP contribution in [0.15, 0.2) is 35.0 Å². The summed E-state index contributed by atoms with van der Waals surface area (Å²) in [6.07, 6.45) is 4.06. The van der Waals surface area contributed by atoms with Gasteiger partial charge in [-0.2, -0.15) is 0 Å². The Kier molecular flexibility index (Phi) is 2.08. The van der Waals surface area contributed by atoms with Gasteiger partial charge >= 0.3 is 0 Å². The molecule has 3 heteroatoms. The number of pyridine rings is 1. The second kappa shape index (κ2) is 3.48. The SMILES string of the molecule is Cc1cc(-c2cn3cccc(C)c3n2)c(C)o1. The van der Waals surface area contributed by atoms with Crippen molar-refractivity contribution < 1.29 is 4.42 Å². The summed E-state index contributed by atoms with van der Waals surface area (Å²) < 4.78 is 7.59. The lowest BCUT2D eigenvalue weighted by atomic mass is 10.2. The molecule has 0 saturated heterocycles. The van der Waals surface area contributed by atoms with Crippen molar-refractivity contribution in [3.05, 3.63) is 47.7 Å². The lowest BCUT2D eigenvalue weighted by Crippen LogP contribution is -1.83. The van der Waals surface area contributed by atoms with Gasteiger partial charge in [-0.1, -0.05) is 6.07 Å². The fraction of sp³-hybridized carbons (Fsp3) is 0.214. The van der Waals surface area contributed by atoms with E-state index in [0.717, 1.165) is 28.4 Å². The smallest absolute Gasteiger partial charge is 0.140 e. The molecule has 0 bridgehead atoms. The highest BCUT2D eigenvalue weighted by atomic mass is 16.3. The van der Waals surface area contributed by atoms with Gasteiger partial charge in [-0.05, 0) is 38.5 Å². The summed E-state index contributed by atoms with van der Waals surface area (Å²) >= 11 is 0. The minimum atomic E-state index is 0.920. The normalized spacial score (nSPS) is 11.2. The van der Waals surface area contributed by atoms with Gasteiger partial charge < -0.3 is 8.82 Å². The molecular weight excluding hydrogens is 212 g/mol. The van der Waals surface area contributed by atoms with Gasteiger partial charge in [0, 0.05) is 18.0 Å². The fourth-order valence-electron chi connectivity index (χ4n) is 2.17. The molecule has 0 aliphatic rings. The number of imidazole rings is 1. The number of fused-ring (bicyclic) bond motifs is 1. The summed E-state index contributed by atoms with van der Waals surface area (Å²) in [6.45, 7) is 6.00. The molecule has 17 heavy (non-hydrogen) atoms. The van der Waals surface area contributed by atoms with Crippen LogP contribution in [0.5, 0.6) is 0 Å². The Morgan fingerprint density at radius 2 is 2.06 bits per heavy atom. The van der Waals surface area contributed by atoms with Crippen LogP contribution >= 0.6 is 0 Å². The zero-order chi connectivity index (χ0) is 12.0. The van der Waals surface area contributed by atoms with Gasteiger partial charge in [0.2, 0.25) is 0 Å². The van der Waals surface area contributed by atoms with E-state index in [-0.39, 0.29) is 0 Å². The largest absolute Gasteiger partial charge is 0.466 e. The van der Waals surface area contributed by atoms with E-state index >= 15 is 0 Å². The predicted molar refractivity (Wildman–Crippen MR) is 67.1 cm³/mol. The maximum Gasteiger partial charge on any atom is 0.140 e. The predicted octanol–water partition coefficient (Wildman–Crippen LogP) is 3.52. The van der Waals surface area contributed by atoms with Gasteiger partial charge in [-0.25, -0.2) is 4.98 Å². The van der Waals surface area contributed by atoms with Crippen molar-refractivity contribution >= 4 is 5.65 Å². The molecule has 3 aromatic rings. The Labute approximate surface area is 99.7 Å². The van der Waals surface area contributed by atoms with E-state index in [4.69, 9.17) is 4.42 Å². The van der Waals surface area contributed by atoms with E-state index < -0.39 is 0 Å². The minimum Gasteiger partial charge on any atom is -0.466 e. The summed E-state index contributed by atoms with van der Waals surface area (Å²) in [6, 6.07) is 6.13. The van der Waals surface area contributed by atoms with Crippen LogP contribution in [0.1, 0.15) is 17.1 Å². The van der Waals surface area contributed by atoms with Crippen molar-refractivity contribution in [1.29, 1.82) is 0 Å². The fourth-order valence-corrected chi connectivity index (χ4v) is 2.17. The van der Waals surface area contributed by atoms with Crippen LogP contribution in [0.3, 0.4) is 0 Å². The average molecular weight is 226 g/mol. The van der Waals surface area contributed by atoms with E-state index in [2.05, 4.69) is 18.0 Å². The summed E-state index contributed by atoms with van der Waals surface area (Å²) in [7, 11) is 0. The first kappa shape index (κ1) is 10.1. The first-order valence-electron chi connectivity index (χ1n) is 5.67. The van der Waals surface area contributed by atoms with Crippen molar-refractivity contribution in [3.8, 4) is 11.3 Å². The maximum absolute atomic E-state index is 5.55. The molecule has 86 valence electrons. The third-order valence-electron chi connectivity index (χ3n) is 2.99. The highest BCUT2D eigenvalue weighted by Gasteiger charge is 2.11. The number of furan rings is 1. The van der Waals surface area contributed by atoms with Gasteiger partial charge in [-0.15, -0.1) is 0 Å². The van der Waals surface area contributed by atoms with Gasteiger partial charge in [-0.3, -0.25) is 0 Å². The van der Waals surface area contributed by atoms with Gasteiger partial charge in [0.05, 0.1) is 5.69 Å². The van der Waals surface area contributed by atoms with Crippen molar-refractivity contribution in [2.75, 3.05) is 0 Å². The number of nitrogens with zero attached hydrogens (tertiary/aromatic N) is 2. The van der Waals surface area contributed by atoms with Crippen LogP contribution in [-0.4, -0.2) is 9.38 Å². The third kappa shape index (κ3) is 1.55. The van der Waals surface area contributed by atoms with Crippen molar-refractivity contribution in [3.63, 3.8) is 0 Å². The lowest BCUT2D eigenvalue weighted by Gasteiger charge is -1.93. The third-order valence-corrected chi connectivity index (χ3v) is 2.99. The number of hydrogen-bond donors (Lipinski definition) is 0. The van der Waals surface area contributed by atoms with E-state index in [1.807, 2.05) is 42.8 Å². The molecule has 0 saturated carbocycles. The highest BCUT2D eigenvalue weighted by Crippen LogP contribution is 2.26. The Morgan fingerprint density at radius 1 is 1.24 bits per heavy atom. The van der Waals surface area contributed by atoms with Crippen LogP contribution in [0.2, 0.25) is 0 Å². The summed E-state index contributed by atoms with van der Waals surface area (Å²) in [5.74, 6) is 1.84. The highest BCUT2D eigenvalue weighted by molar-refractivity contribution is 5.66. The molecule has 3 rings (SSSR count). The first-order valence-corrected chi connectivity index (χ1v) is 5.67. The summed E-state index contributed by atoms with van der Waals surface area (Å²) in [4.78, 5) is 4.66. The van der Waals surface area contributed by atoms with Crippen LogP contribution in [0.4, 0.5) is 0 Å². The number of aryl methyl sites for hydroxylation is 3. The van der Waals surface area contributed by atoms with E-state index in [0.29, 0.717) is 0 Å². The second-order valence-corrected chi connectivity index (χ2v) is 4.38. The van der Waals surface area contributed by atoms with Gasteiger partial charge in [0.1, 0.15) is 17.2 Å². The molecule has 0 unspecified atom stereocenters. The number of rotatable bonds is 1. The van der Waals surface area contributed by atoms with Crippen molar-refractivity contribution in [2.24, 2.45) is 0 Å². The molecule has 3 aromatic heterocycles. The Morgan fingerprint density at radius 3 is 2.71 bits per heavy atom. The van der Waals surface area contributed by atoms with Crippen LogP contribution in [0.25, 0.3) is 16.9 Å². The number of aromatic nitrogens is 2. The van der Waals surface area contributed by atoms with Crippen molar-refractivity contribution in [1.82, 2.24) is 9.38 Å². The second-order valence-electron chi connectivity index (χ2n) is 4.38. The molecule has 0 atom stereocenters. The Hall–Kier alpha value is -2.03. The van der Waals surface area contributed by atoms with E-state index in [1.165, 1.54) is 5.56 Å². The van der Waals surface area contributed by atoms with Crippen LogP contribution < -0.4 is 0 Å². The van der Waals surface area contributed by atoms with Gasteiger partial charge in [0.15, 0.2) is 0 Å². The molecular formula is C14H14N2O. The zero-order valence-corrected chi connectivity index (χ0v) is 10.2. The summed E-state index contributed by atoms with van der Waals surface area (Å²) in [5.41, 5.74) is 4.22. The Balaban J connectivity index is 2.25. The molecule has 0 aromatic carbocycles. The monoisotopic (exact) mass is 226 g/mol. The number of hydrogen-bond acceptors (Lipinski definition) is 2. The Bertz CT molecular complexity index is 691. The molecule has 0 fully saturated rings. The molecule has 0 radical (unpaired) electrons. The quantitative estimate of drug-likeness (QED) is 0.635. The topological polar surface area (TPSA) is 30.4 Å². The molecule has 3 nitrogen and oxygen atoms in total. The molecule has 0 spiro atoms. The van der Waals surface area contributed by atoms with Crippen LogP contribution in [0, 0.1) is 20.8 Å². The summed E-state index contributed by atoms with van der Waals surface area (Å²) in [5, 5.41) is 0. The molecule has 0 amide bonds. The molecule has 3 heterocycles. The molecule has 0 aliphatic heterocycles. The first-order chi connectivity index (χ1) is 8.15. The van der Waals surface area contributed by atoms with E-state index in [9.17, 15) is 0 Å². The van der Waals surface area contributed by atoms with Crippen molar-refractivity contribution in [2.45, 2.75) is 20.8 Å². The van der Waals surface area contributed by atoms with Gasteiger partial charge in [0.25, 0.3) is 0 Å². The standard InChI is InChI=1S/C14H14N2O/c1-9-5-4-6-16-8-13(15-14(9)16)12-7-10(2)17-11(12)3/h4-8H,1-3H3. The maximum atomic E-state index is 5.55. The molecule has 0 aliphatic carbocycles. The zero-order valence-electron chi connectivity index (χ0n) is 10.2.